The molecular formula is C27H30ClN5O2. The van der Waals surface area contributed by atoms with Gasteiger partial charge in [-0.3, -0.25) is 9.59 Å². The fraction of sp³-hybridized carbons (Fsp3) is 0.556. The second-order valence-corrected chi connectivity index (χ2v) is 12.1. The molecule has 8 heteroatoms. The van der Waals surface area contributed by atoms with Gasteiger partial charge in [-0.25, -0.2) is 4.98 Å². The van der Waals surface area contributed by atoms with Crippen molar-refractivity contribution in [3.05, 3.63) is 34.7 Å². The molecule has 182 valence electrons. The molecule has 5 saturated carbocycles. The maximum Gasteiger partial charge on any atom is 0.228 e. The molecule has 1 aliphatic heterocycles. The minimum atomic E-state index is -0.0220. The van der Waals surface area contributed by atoms with Gasteiger partial charge >= 0.3 is 0 Å². The number of hydrogen-bond donors (Lipinski definition) is 2. The number of nitrogens with zero attached hydrogens (tertiary/aromatic N) is 3. The molecule has 2 amide bonds. The molecule has 0 saturated heterocycles. The smallest absolute Gasteiger partial charge is 0.228 e. The SMILES string of the molecule is CNC(=O)[C@H]1C[C@@H]2C3[C@@H](C(=O)Nc4cc(-c5cc(C#N)n6c5CC(C)(C)C6)c(Cl)cn4)C[C@@H]2[C@H]3C1. The van der Waals surface area contributed by atoms with E-state index in [1.807, 2.05) is 12.1 Å². The van der Waals surface area contributed by atoms with Crippen molar-refractivity contribution in [1.29, 1.82) is 5.26 Å². The van der Waals surface area contributed by atoms with E-state index in [1.165, 1.54) is 0 Å². The van der Waals surface area contributed by atoms with E-state index in [9.17, 15) is 14.9 Å². The molecule has 5 aliphatic carbocycles. The minimum Gasteiger partial charge on any atom is -0.359 e. The summed E-state index contributed by atoms with van der Waals surface area (Å²) in [5, 5.41) is 16.0. The van der Waals surface area contributed by atoms with E-state index in [2.05, 4.69) is 40.1 Å². The van der Waals surface area contributed by atoms with Gasteiger partial charge in [0, 0.05) is 48.4 Å². The number of carbonyl (C=O) groups is 2. The molecule has 4 bridgehead atoms. The maximum atomic E-state index is 13.3. The third kappa shape index (κ3) is 3.41. The van der Waals surface area contributed by atoms with E-state index in [1.54, 1.807) is 13.2 Å². The topological polar surface area (TPSA) is 99.8 Å². The Balaban J connectivity index is 1.21. The Morgan fingerprint density at radius 3 is 2.57 bits per heavy atom. The molecule has 6 aliphatic rings. The molecular weight excluding hydrogens is 462 g/mol. The fourth-order valence-corrected chi connectivity index (χ4v) is 7.93. The maximum absolute atomic E-state index is 13.3. The molecule has 2 aromatic rings. The molecule has 5 fully saturated rings. The molecule has 0 radical (unpaired) electrons. The van der Waals surface area contributed by atoms with E-state index in [4.69, 9.17) is 11.6 Å². The summed E-state index contributed by atoms with van der Waals surface area (Å²) in [6.45, 7) is 5.19. The number of nitrogens with one attached hydrogen (secondary N) is 2. The molecule has 7 nitrogen and oxygen atoms in total. The van der Waals surface area contributed by atoms with Crippen LogP contribution in [0.4, 0.5) is 5.82 Å². The van der Waals surface area contributed by atoms with Crippen molar-refractivity contribution in [2.45, 2.75) is 46.1 Å². The van der Waals surface area contributed by atoms with Crippen LogP contribution in [0, 0.1) is 52.3 Å². The first-order valence-corrected chi connectivity index (χ1v) is 12.9. The van der Waals surface area contributed by atoms with Gasteiger partial charge in [-0.1, -0.05) is 25.4 Å². The number of nitriles is 1. The van der Waals surface area contributed by atoms with Crippen molar-refractivity contribution in [2.24, 2.45) is 40.9 Å². The van der Waals surface area contributed by atoms with Crippen molar-refractivity contribution >= 4 is 29.2 Å². The van der Waals surface area contributed by atoms with Crippen LogP contribution in [0.3, 0.4) is 0 Å². The van der Waals surface area contributed by atoms with E-state index in [0.29, 0.717) is 40.2 Å². The minimum absolute atomic E-state index is 0.0186. The molecule has 0 aromatic carbocycles. The molecule has 2 N–H and O–H groups in total. The van der Waals surface area contributed by atoms with Crippen LogP contribution >= 0.6 is 11.6 Å². The quantitative estimate of drug-likeness (QED) is 0.667. The first-order chi connectivity index (χ1) is 16.7. The van der Waals surface area contributed by atoms with Crippen LogP contribution in [0.2, 0.25) is 5.02 Å². The zero-order valence-electron chi connectivity index (χ0n) is 20.3. The molecule has 35 heavy (non-hydrogen) atoms. The number of halogens is 1. The molecule has 2 aromatic heterocycles. The summed E-state index contributed by atoms with van der Waals surface area (Å²) in [6, 6.07) is 6.04. The van der Waals surface area contributed by atoms with Gasteiger partial charge < -0.3 is 15.2 Å². The van der Waals surface area contributed by atoms with Crippen molar-refractivity contribution < 1.29 is 9.59 Å². The number of rotatable bonds is 4. The van der Waals surface area contributed by atoms with Crippen molar-refractivity contribution in [3.8, 4) is 17.2 Å². The Morgan fingerprint density at radius 2 is 1.89 bits per heavy atom. The lowest BCUT2D eigenvalue weighted by molar-refractivity contribution is -0.135. The van der Waals surface area contributed by atoms with Gasteiger partial charge in [-0.2, -0.15) is 5.26 Å². The third-order valence-electron chi connectivity index (χ3n) is 9.10. The zero-order valence-corrected chi connectivity index (χ0v) is 21.0. The van der Waals surface area contributed by atoms with E-state index >= 15 is 0 Å². The van der Waals surface area contributed by atoms with Gasteiger partial charge in [0.15, 0.2) is 0 Å². The highest BCUT2D eigenvalue weighted by Gasteiger charge is 2.65. The third-order valence-corrected chi connectivity index (χ3v) is 9.40. The van der Waals surface area contributed by atoms with Gasteiger partial charge in [-0.05, 0) is 66.9 Å². The molecule has 3 heterocycles. The first kappa shape index (κ1) is 22.6. The zero-order chi connectivity index (χ0) is 24.6. The van der Waals surface area contributed by atoms with Gasteiger partial charge in [0.05, 0.1) is 5.02 Å². The Morgan fingerprint density at radius 1 is 1.14 bits per heavy atom. The highest BCUT2D eigenvalue weighted by Crippen LogP contribution is 2.68. The summed E-state index contributed by atoms with van der Waals surface area (Å²) in [4.78, 5) is 29.8. The van der Waals surface area contributed by atoms with Crippen LogP contribution in [-0.2, 0) is 22.6 Å². The molecule has 6 atom stereocenters. The number of fused-ring (bicyclic) bond motifs is 4. The lowest BCUT2D eigenvalue weighted by Gasteiger charge is -2.52. The monoisotopic (exact) mass is 491 g/mol. The summed E-state index contributed by atoms with van der Waals surface area (Å²) in [5.74, 6) is 2.63. The lowest BCUT2D eigenvalue weighted by Crippen LogP contribution is -2.51. The Labute approximate surface area is 210 Å². The van der Waals surface area contributed by atoms with Crippen LogP contribution < -0.4 is 10.6 Å². The second kappa shape index (κ2) is 7.83. The van der Waals surface area contributed by atoms with Crippen LogP contribution in [-0.4, -0.2) is 28.4 Å². The average molecular weight is 492 g/mol. The molecule has 1 unspecified atom stereocenters. The number of carbonyl (C=O) groups excluding carboxylic acids is 2. The molecule has 8 rings (SSSR count). The van der Waals surface area contributed by atoms with Crippen LogP contribution in [0.25, 0.3) is 11.1 Å². The first-order valence-electron chi connectivity index (χ1n) is 12.5. The number of pyridine rings is 1. The summed E-state index contributed by atoms with van der Waals surface area (Å²) >= 11 is 6.57. The Hall–Kier alpha value is -2.85. The largest absolute Gasteiger partial charge is 0.359 e. The van der Waals surface area contributed by atoms with Crippen LogP contribution in [0.15, 0.2) is 18.3 Å². The number of amides is 2. The number of aromatic nitrogens is 2. The van der Waals surface area contributed by atoms with Crippen LogP contribution in [0.5, 0.6) is 0 Å². The number of anilines is 1. The van der Waals surface area contributed by atoms with Crippen molar-refractivity contribution in [3.63, 3.8) is 0 Å². The van der Waals surface area contributed by atoms with E-state index in [0.717, 1.165) is 49.0 Å². The highest BCUT2D eigenvalue weighted by atomic mass is 35.5. The van der Waals surface area contributed by atoms with Crippen LogP contribution in [0.1, 0.15) is 44.5 Å². The summed E-state index contributed by atoms with van der Waals surface area (Å²) in [7, 11) is 1.70. The van der Waals surface area contributed by atoms with Crippen molar-refractivity contribution in [1.82, 2.24) is 14.9 Å². The second-order valence-electron chi connectivity index (χ2n) is 11.7. The van der Waals surface area contributed by atoms with Gasteiger partial charge in [0.1, 0.15) is 17.6 Å². The standard InChI is InChI=1S/C27H30ClN5O2/c1-27(2)9-22-17(6-14(10-29)33(22)12-27)16-8-23(31-11-21(16)28)32-26(35)20-7-15-18-4-13(25(34)30-3)5-19(15)24(18)20/h6,8,11,13,15,18-20,24H,4-5,7,9,12H2,1-3H3,(H,30,34)(H,31,32,35)/t13-,15-,18-,19+,20-,24?/m0/s1. The summed E-state index contributed by atoms with van der Waals surface area (Å²) in [5.41, 5.74) is 3.54. The predicted octanol–water partition coefficient (Wildman–Crippen LogP) is 4.25. The predicted molar refractivity (Wildman–Crippen MR) is 132 cm³/mol. The highest BCUT2D eigenvalue weighted by molar-refractivity contribution is 6.33. The van der Waals surface area contributed by atoms with Gasteiger partial charge in [0.25, 0.3) is 0 Å². The van der Waals surface area contributed by atoms with Gasteiger partial charge in [-0.15, -0.1) is 0 Å². The average Bonchev–Trinajstić information content (AvgIpc) is 3.58. The summed E-state index contributed by atoms with van der Waals surface area (Å²) < 4.78 is 2.08. The van der Waals surface area contributed by atoms with Crippen molar-refractivity contribution in [2.75, 3.05) is 12.4 Å². The summed E-state index contributed by atoms with van der Waals surface area (Å²) in [6.07, 6.45) is 5.14. The normalized spacial score (nSPS) is 31.3. The number of hydrogen-bond acceptors (Lipinski definition) is 4. The molecule has 0 spiro atoms. The van der Waals surface area contributed by atoms with E-state index in [-0.39, 0.29) is 29.1 Å². The van der Waals surface area contributed by atoms with Gasteiger partial charge in [0.2, 0.25) is 11.8 Å². The lowest BCUT2D eigenvalue weighted by atomic mass is 9.52. The van der Waals surface area contributed by atoms with E-state index < -0.39 is 0 Å². The Kier molecular flexibility index (Phi) is 5.05. The fourth-order valence-electron chi connectivity index (χ4n) is 7.73. The Bertz CT molecular complexity index is 1280.